The van der Waals surface area contributed by atoms with Crippen molar-refractivity contribution >= 4 is 11.6 Å². The zero-order valence-electron chi connectivity index (χ0n) is 11.1. The number of rotatable bonds is 2. The highest BCUT2D eigenvalue weighted by atomic mass is 16.6. The van der Waals surface area contributed by atoms with Crippen molar-refractivity contribution in [3.63, 3.8) is 0 Å². The molecule has 0 aliphatic carbocycles. The minimum absolute atomic E-state index is 0.210. The largest absolute Gasteiger partial charge is 0.482 e. The van der Waals surface area contributed by atoms with Crippen molar-refractivity contribution in [2.24, 2.45) is 0 Å². The second kappa shape index (κ2) is 5.25. The third kappa shape index (κ3) is 2.45. The molecule has 2 aromatic rings. The van der Waals surface area contributed by atoms with E-state index in [1.807, 2.05) is 55.5 Å². The number of para-hydroxylation sites is 3. The van der Waals surface area contributed by atoms with Gasteiger partial charge in [-0.15, -0.1) is 0 Å². The van der Waals surface area contributed by atoms with Crippen LogP contribution in [0.15, 0.2) is 54.6 Å². The zero-order chi connectivity index (χ0) is 13.9. The molecule has 2 unspecified atom stereocenters. The van der Waals surface area contributed by atoms with Gasteiger partial charge in [0.05, 0.1) is 0 Å². The fourth-order valence-electron chi connectivity index (χ4n) is 2.14. The second-order valence-electron chi connectivity index (χ2n) is 4.66. The Morgan fingerprint density at radius 3 is 2.25 bits per heavy atom. The summed E-state index contributed by atoms with van der Waals surface area (Å²) in [5.41, 5.74) is 0.743. The van der Waals surface area contributed by atoms with Crippen LogP contribution in [0, 0.1) is 0 Å². The summed E-state index contributed by atoms with van der Waals surface area (Å²) in [6.45, 7) is 1.82. The van der Waals surface area contributed by atoms with Gasteiger partial charge in [0, 0.05) is 5.69 Å². The van der Waals surface area contributed by atoms with Crippen LogP contribution in [0.3, 0.4) is 0 Å². The summed E-state index contributed by atoms with van der Waals surface area (Å²) in [6.07, 6.45) is -1.00. The van der Waals surface area contributed by atoms with Crippen molar-refractivity contribution < 1.29 is 14.3 Å². The van der Waals surface area contributed by atoms with Gasteiger partial charge in [0.15, 0.2) is 11.5 Å². The molecule has 2 atom stereocenters. The average molecular weight is 269 g/mol. The maximum absolute atomic E-state index is 12.3. The van der Waals surface area contributed by atoms with Gasteiger partial charge in [-0.1, -0.05) is 30.3 Å². The third-order valence-electron chi connectivity index (χ3n) is 3.14. The van der Waals surface area contributed by atoms with Gasteiger partial charge in [0.25, 0.3) is 5.91 Å². The molecule has 4 nitrogen and oxygen atoms in total. The quantitative estimate of drug-likeness (QED) is 0.912. The summed E-state index contributed by atoms with van der Waals surface area (Å²) in [4.78, 5) is 12.3. The van der Waals surface area contributed by atoms with Crippen LogP contribution in [0.25, 0.3) is 0 Å². The Morgan fingerprint density at radius 1 is 0.950 bits per heavy atom. The summed E-state index contributed by atoms with van der Waals surface area (Å²) in [6, 6.07) is 16.7. The first-order valence-corrected chi connectivity index (χ1v) is 6.52. The van der Waals surface area contributed by atoms with Crippen LogP contribution in [0.5, 0.6) is 11.5 Å². The van der Waals surface area contributed by atoms with E-state index in [0.29, 0.717) is 11.5 Å². The van der Waals surface area contributed by atoms with Crippen molar-refractivity contribution in [2.75, 3.05) is 5.32 Å². The fraction of sp³-hybridized carbons (Fsp3) is 0.188. The number of hydrogen-bond donors (Lipinski definition) is 1. The molecular formula is C16H15NO3. The van der Waals surface area contributed by atoms with E-state index in [2.05, 4.69) is 5.32 Å². The number of hydrogen-bond acceptors (Lipinski definition) is 3. The zero-order valence-corrected chi connectivity index (χ0v) is 11.1. The highest BCUT2D eigenvalue weighted by molar-refractivity contribution is 5.95. The Labute approximate surface area is 117 Å². The first kappa shape index (κ1) is 12.5. The van der Waals surface area contributed by atoms with Crippen LogP contribution in [0.2, 0.25) is 0 Å². The molecule has 2 aromatic carbocycles. The van der Waals surface area contributed by atoms with Gasteiger partial charge >= 0.3 is 0 Å². The van der Waals surface area contributed by atoms with E-state index in [9.17, 15) is 4.79 Å². The van der Waals surface area contributed by atoms with Crippen LogP contribution in [0.4, 0.5) is 5.69 Å². The summed E-state index contributed by atoms with van der Waals surface area (Å²) in [5, 5.41) is 2.83. The van der Waals surface area contributed by atoms with Crippen molar-refractivity contribution in [2.45, 2.75) is 19.1 Å². The summed E-state index contributed by atoms with van der Waals surface area (Å²) >= 11 is 0. The standard InChI is InChI=1S/C16H15NO3/c1-11-15(16(18)17-12-7-3-2-4-8-12)20-14-10-6-5-9-13(14)19-11/h2-11,15H,1H3,(H,17,18). The lowest BCUT2D eigenvalue weighted by Gasteiger charge is -2.30. The SMILES string of the molecule is CC1Oc2ccccc2OC1C(=O)Nc1ccccc1. The molecule has 3 rings (SSSR count). The molecule has 0 spiro atoms. The number of fused-ring (bicyclic) bond motifs is 1. The van der Waals surface area contributed by atoms with Crippen LogP contribution in [-0.2, 0) is 4.79 Å². The van der Waals surface area contributed by atoms with Gasteiger partial charge in [-0.3, -0.25) is 4.79 Å². The highest BCUT2D eigenvalue weighted by Gasteiger charge is 2.33. The number of carbonyl (C=O) groups is 1. The molecule has 0 radical (unpaired) electrons. The van der Waals surface area contributed by atoms with E-state index in [4.69, 9.17) is 9.47 Å². The lowest BCUT2D eigenvalue weighted by atomic mass is 10.1. The van der Waals surface area contributed by atoms with Crippen LogP contribution in [-0.4, -0.2) is 18.1 Å². The topological polar surface area (TPSA) is 47.6 Å². The minimum Gasteiger partial charge on any atom is -0.482 e. The lowest BCUT2D eigenvalue weighted by Crippen LogP contribution is -2.46. The predicted octanol–water partition coefficient (Wildman–Crippen LogP) is 2.85. The van der Waals surface area contributed by atoms with Crippen molar-refractivity contribution in [3.05, 3.63) is 54.6 Å². The molecule has 0 fully saturated rings. The number of ether oxygens (including phenoxy) is 2. The van der Waals surface area contributed by atoms with Crippen molar-refractivity contribution in [3.8, 4) is 11.5 Å². The van der Waals surface area contributed by atoms with Gasteiger partial charge in [-0.2, -0.15) is 0 Å². The lowest BCUT2D eigenvalue weighted by molar-refractivity contribution is -0.128. The van der Waals surface area contributed by atoms with E-state index < -0.39 is 6.10 Å². The molecule has 20 heavy (non-hydrogen) atoms. The van der Waals surface area contributed by atoms with Crippen LogP contribution < -0.4 is 14.8 Å². The number of amides is 1. The molecule has 0 saturated heterocycles. The molecule has 4 heteroatoms. The molecular weight excluding hydrogens is 254 g/mol. The van der Waals surface area contributed by atoms with Crippen molar-refractivity contribution in [1.82, 2.24) is 0 Å². The highest BCUT2D eigenvalue weighted by Crippen LogP contribution is 2.33. The summed E-state index contributed by atoms with van der Waals surface area (Å²) in [5.74, 6) is 1.06. The molecule has 102 valence electrons. The Balaban J connectivity index is 1.76. The van der Waals surface area contributed by atoms with E-state index in [0.717, 1.165) is 5.69 Å². The fourth-order valence-corrected chi connectivity index (χ4v) is 2.14. The monoisotopic (exact) mass is 269 g/mol. The Bertz CT molecular complexity index is 612. The maximum atomic E-state index is 12.3. The third-order valence-corrected chi connectivity index (χ3v) is 3.14. The Morgan fingerprint density at radius 2 is 1.55 bits per heavy atom. The molecule has 0 saturated carbocycles. The summed E-state index contributed by atoms with van der Waals surface area (Å²) < 4.78 is 11.5. The Hall–Kier alpha value is -2.49. The van der Waals surface area contributed by atoms with Crippen molar-refractivity contribution in [1.29, 1.82) is 0 Å². The van der Waals surface area contributed by atoms with E-state index in [1.165, 1.54) is 0 Å². The number of anilines is 1. The van der Waals surface area contributed by atoms with Gasteiger partial charge in [0.1, 0.15) is 6.10 Å². The molecule has 1 aliphatic rings. The molecule has 1 amide bonds. The number of carbonyl (C=O) groups excluding carboxylic acids is 1. The molecule has 0 bridgehead atoms. The first-order chi connectivity index (χ1) is 9.74. The van der Waals surface area contributed by atoms with Gasteiger partial charge in [-0.25, -0.2) is 0 Å². The van der Waals surface area contributed by atoms with Crippen LogP contribution >= 0.6 is 0 Å². The van der Waals surface area contributed by atoms with Crippen LogP contribution in [0.1, 0.15) is 6.92 Å². The van der Waals surface area contributed by atoms with Gasteiger partial charge in [0.2, 0.25) is 6.10 Å². The maximum Gasteiger partial charge on any atom is 0.269 e. The predicted molar refractivity (Wildman–Crippen MR) is 76.0 cm³/mol. The summed E-state index contributed by atoms with van der Waals surface area (Å²) in [7, 11) is 0. The average Bonchev–Trinajstić information content (AvgIpc) is 2.47. The van der Waals surface area contributed by atoms with Gasteiger partial charge in [-0.05, 0) is 31.2 Å². The van der Waals surface area contributed by atoms with Gasteiger partial charge < -0.3 is 14.8 Å². The number of benzene rings is 2. The minimum atomic E-state index is -0.662. The molecule has 1 N–H and O–H groups in total. The molecule has 0 aromatic heterocycles. The first-order valence-electron chi connectivity index (χ1n) is 6.52. The Kier molecular flexibility index (Phi) is 3.29. The molecule has 1 aliphatic heterocycles. The second-order valence-corrected chi connectivity index (χ2v) is 4.66. The normalized spacial score (nSPS) is 20.2. The number of nitrogens with one attached hydrogen (secondary N) is 1. The van der Waals surface area contributed by atoms with E-state index >= 15 is 0 Å². The van der Waals surface area contributed by atoms with E-state index in [1.54, 1.807) is 6.07 Å². The van der Waals surface area contributed by atoms with E-state index in [-0.39, 0.29) is 12.0 Å². The molecule has 1 heterocycles. The smallest absolute Gasteiger partial charge is 0.269 e.